The van der Waals surface area contributed by atoms with Gasteiger partial charge in [-0.15, -0.1) is 0 Å². The predicted molar refractivity (Wildman–Crippen MR) is 128 cm³/mol. The van der Waals surface area contributed by atoms with E-state index in [2.05, 4.69) is 9.97 Å². The van der Waals surface area contributed by atoms with Gasteiger partial charge < -0.3 is 5.73 Å². The van der Waals surface area contributed by atoms with E-state index < -0.39 is 23.0 Å². The van der Waals surface area contributed by atoms with Gasteiger partial charge in [0.25, 0.3) is 11.5 Å². The quantitative estimate of drug-likeness (QED) is 0.460. The second-order valence-electron chi connectivity index (χ2n) is 7.40. The van der Waals surface area contributed by atoms with E-state index in [-0.39, 0.29) is 23.7 Å². The molecule has 176 valence electrons. The van der Waals surface area contributed by atoms with E-state index in [0.29, 0.717) is 30.2 Å². The average molecular weight is 475 g/mol. The number of amides is 1. The molecule has 0 saturated heterocycles. The first kappa shape index (κ1) is 24.3. The number of hydrogen-bond acceptors (Lipinski definition) is 6. The van der Waals surface area contributed by atoms with Gasteiger partial charge in [0.15, 0.2) is 10.8 Å². The third kappa shape index (κ3) is 4.87. The van der Waals surface area contributed by atoms with Crippen LogP contribution >= 0.6 is 11.8 Å². The number of anilines is 2. The van der Waals surface area contributed by atoms with Gasteiger partial charge in [-0.05, 0) is 43.4 Å². The molecule has 2 aromatic heterocycles. The molecular formula is C22H27FN6O3S. The Kier molecular flexibility index (Phi) is 7.75. The lowest BCUT2D eigenvalue weighted by Crippen LogP contribution is -2.42. The predicted octanol–water partition coefficient (Wildman–Crippen LogP) is 3.02. The maximum absolute atomic E-state index is 13.8. The Balaban J connectivity index is 2.19. The van der Waals surface area contributed by atoms with Crippen molar-refractivity contribution in [1.82, 2.24) is 19.1 Å². The van der Waals surface area contributed by atoms with E-state index in [4.69, 9.17) is 5.73 Å². The number of rotatable bonds is 9. The lowest BCUT2D eigenvalue weighted by molar-refractivity contribution is 0.0979. The second kappa shape index (κ2) is 10.5. The van der Waals surface area contributed by atoms with E-state index in [1.165, 1.54) is 39.6 Å². The number of nitrogens with two attached hydrogens (primary N) is 1. The van der Waals surface area contributed by atoms with Gasteiger partial charge in [-0.25, -0.2) is 14.2 Å². The Hall–Kier alpha value is -3.34. The summed E-state index contributed by atoms with van der Waals surface area (Å²) in [4.78, 5) is 46.8. The van der Waals surface area contributed by atoms with Gasteiger partial charge in [-0.1, -0.05) is 32.0 Å². The molecule has 0 aliphatic heterocycles. The number of nitrogen functional groups attached to an aromatic ring is 1. The fraction of sp³-hybridized carbons (Fsp3) is 0.364. The summed E-state index contributed by atoms with van der Waals surface area (Å²) in [6, 6.07) is 5.69. The van der Waals surface area contributed by atoms with Crippen LogP contribution in [0.25, 0.3) is 5.69 Å². The fourth-order valence-electron chi connectivity index (χ4n) is 3.52. The minimum Gasteiger partial charge on any atom is -0.383 e. The number of halogens is 1. The van der Waals surface area contributed by atoms with Crippen molar-refractivity contribution < 1.29 is 9.18 Å². The van der Waals surface area contributed by atoms with Crippen LogP contribution in [-0.2, 0) is 6.54 Å². The minimum absolute atomic E-state index is 0.0620. The van der Waals surface area contributed by atoms with Gasteiger partial charge in [-0.3, -0.25) is 28.6 Å². The zero-order valence-electron chi connectivity index (χ0n) is 18.8. The Morgan fingerprint density at radius 3 is 2.52 bits per heavy atom. The summed E-state index contributed by atoms with van der Waals surface area (Å²) in [5.74, 6) is -0.966. The molecule has 33 heavy (non-hydrogen) atoms. The Labute approximate surface area is 194 Å². The summed E-state index contributed by atoms with van der Waals surface area (Å²) in [6.45, 7) is 4.36. The molecule has 9 nitrogen and oxygen atoms in total. The van der Waals surface area contributed by atoms with Crippen LogP contribution in [0.5, 0.6) is 0 Å². The Morgan fingerprint density at radius 1 is 1.21 bits per heavy atom. The number of unbranched alkanes of at least 4 members (excludes halogenated alkanes) is 1. The molecule has 0 radical (unpaired) electrons. The molecule has 0 aliphatic carbocycles. The topological polar surface area (TPSA) is 119 Å². The molecule has 1 amide bonds. The van der Waals surface area contributed by atoms with Crippen molar-refractivity contribution in [1.29, 1.82) is 0 Å². The van der Waals surface area contributed by atoms with Crippen molar-refractivity contribution in [2.45, 2.75) is 44.8 Å². The van der Waals surface area contributed by atoms with E-state index in [9.17, 15) is 18.8 Å². The van der Waals surface area contributed by atoms with Crippen LogP contribution in [0, 0.1) is 5.82 Å². The van der Waals surface area contributed by atoms with Crippen molar-refractivity contribution >= 4 is 29.2 Å². The number of nitrogens with zero attached hydrogens (tertiary/aromatic N) is 4. The third-order valence-corrected chi connectivity index (χ3v) is 5.78. The highest BCUT2D eigenvalue weighted by atomic mass is 32.2. The first-order valence-corrected chi connectivity index (χ1v) is 11.9. The van der Waals surface area contributed by atoms with Gasteiger partial charge in [0.05, 0.1) is 6.20 Å². The van der Waals surface area contributed by atoms with E-state index in [1.54, 1.807) is 16.7 Å². The monoisotopic (exact) mass is 474 g/mol. The summed E-state index contributed by atoms with van der Waals surface area (Å²) in [6.07, 6.45) is 5.23. The average Bonchev–Trinajstić information content (AvgIpc) is 3.23. The van der Waals surface area contributed by atoms with Crippen LogP contribution < -0.4 is 21.9 Å². The van der Waals surface area contributed by atoms with Crippen LogP contribution in [0.4, 0.5) is 15.9 Å². The standard InChI is InChI=1S/C22H27FN6O3S/c1-4-6-12-27(17-18(24)28(11-5-2)21(32)26-19(17)30)20(31)16-13-25-22(33-3)29(16)15-9-7-14(23)8-10-15/h7-10,13H,4-6,11-12,24H2,1-3H3,(H,26,30,32). The number of H-pyrrole nitrogens is 1. The molecule has 0 atom stereocenters. The summed E-state index contributed by atoms with van der Waals surface area (Å²) >= 11 is 1.32. The summed E-state index contributed by atoms with van der Waals surface area (Å²) in [5, 5.41) is 0.526. The van der Waals surface area contributed by atoms with E-state index in [0.717, 1.165) is 6.42 Å². The molecule has 0 spiro atoms. The summed E-state index contributed by atoms with van der Waals surface area (Å²) < 4.78 is 16.4. The number of imidazole rings is 1. The number of carbonyl (C=O) groups excluding carboxylic acids is 1. The molecule has 11 heteroatoms. The van der Waals surface area contributed by atoms with Crippen LogP contribution in [0.15, 0.2) is 45.2 Å². The maximum atomic E-state index is 13.8. The van der Waals surface area contributed by atoms with Gasteiger partial charge >= 0.3 is 5.69 Å². The molecule has 1 aromatic carbocycles. The van der Waals surface area contributed by atoms with Gasteiger partial charge in [0, 0.05) is 18.8 Å². The SMILES string of the molecule is CCCCN(C(=O)c1cnc(SC)n1-c1ccc(F)cc1)c1c(N)n(CCC)c(=O)[nH]c1=O. The van der Waals surface area contributed by atoms with E-state index >= 15 is 0 Å². The number of thioether (sulfide) groups is 1. The van der Waals surface area contributed by atoms with Gasteiger partial charge in [0.2, 0.25) is 0 Å². The number of aromatic amines is 1. The lowest BCUT2D eigenvalue weighted by Gasteiger charge is -2.25. The highest BCUT2D eigenvalue weighted by molar-refractivity contribution is 7.98. The fourth-order valence-corrected chi connectivity index (χ4v) is 4.07. The van der Waals surface area contributed by atoms with Crippen LogP contribution in [0.1, 0.15) is 43.6 Å². The zero-order valence-corrected chi connectivity index (χ0v) is 19.6. The minimum atomic E-state index is -0.729. The van der Waals surface area contributed by atoms with Crippen LogP contribution in [-0.4, -0.2) is 37.8 Å². The van der Waals surface area contributed by atoms with Gasteiger partial charge in [0.1, 0.15) is 17.3 Å². The number of nitrogens with one attached hydrogen (secondary N) is 1. The molecular weight excluding hydrogens is 447 g/mol. The normalized spacial score (nSPS) is 11.0. The van der Waals surface area contributed by atoms with Crippen LogP contribution in [0.2, 0.25) is 0 Å². The molecule has 0 fully saturated rings. The van der Waals surface area contributed by atoms with Crippen molar-refractivity contribution in [2.75, 3.05) is 23.4 Å². The first-order chi connectivity index (χ1) is 15.8. The molecule has 3 aromatic rings. The lowest BCUT2D eigenvalue weighted by atomic mass is 10.2. The molecule has 3 rings (SSSR count). The van der Waals surface area contributed by atoms with Crippen molar-refractivity contribution in [3.63, 3.8) is 0 Å². The van der Waals surface area contributed by atoms with Crippen molar-refractivity contribution in [3.05, 3.63) is 62.8 Å². The Morgan fingerprint density at radius 2 is 1.91 bits per heavy atom. The number of hydrogen-bond donors (Lipinski definition) is 2. The summed E-state index contributed by atoms with van der Waals surface area (Å²) in [5.41, 5.74) is 5.56. The number of benzene rings is 1. The molecule has 2 heterocycles. The summed E-state index contributed by atoms with van der Waals surface area (Å²) in [7, 11) is 0. The highest BCUT2D eigenvalue weighted by Gasteiger charge is 2.28. The molecule has 0 bridgehead atoms. The largest absolute Gasteiger partial charge is 0.383 e. The zero-order chi connectivity index (χ0) is 24.1. The molecule has 0 unspecified atom stereocenters. The van der Waals surface area contributed by atoms with Crippen molar-refractivity contribution in [3.8, 4) is 5.69 Å². The smallest absolute Gasteiger partial charge is 0.330 e. The molecule has 0 aliphatic rings. The van der Waals surface area contributed by atoms with Crippen LogP contribution in [0.3, 0.4) is 0 Å². The first-order valence-electron chi connectivity index (χ1n) is 10.7. The number of aromatic nitrogens is 4. The molecule has 0 saturated carbocycles. The molecule has 3 N–H and O–H groups in total. The number of carbonyl (C=O) groups is 1. The highest BCUT2D eigenvalue weighted by Crippen LogP contribution is 2.26. The third-order valence-electron chi connectivity index (χ3n) is 5.13. The van der Waals surface area contributed by atoms with Crippen molar-refractivity contribution in [2.24, 2.45) is 0 Å². The second-order valence-corrected chi connectivity index (χ2v) is 8.17. The Bertz CT molecular complexity index is 1250. The maximum Gasteiger partial charge on any atom is 0.330 e. The van der Waals surface area contributed by atoms with Gasteiger partial charge in [-0.2, -0.15) is 0 Å². The van der Waals surface area contributed by atoms with E-state index in [1.807, 2.05) is 20.1 Å².